The van der Waals surface area contributed by atoms with E-state index in [-0.39, 0.29) is 23.7 Å². The fourth-order valence-corrected chi connectivity index (χ4v) is 4.08. The van der Waals surface area contributed by atoms with E-state index < -0.39 is 11.9 Å². The van der Waals surface area contributed by atoms with Crippen LogP contribution >= 0.6 is 0 Å². The van der Waals surface area contributed by atoms with Crippen molar-refractivity contribution in [2.45, 2.75) is 44.9 Å². The van der Waals surface area contributed by atoms with Crippen LogP contribution in [0, 0.1) is 17.8 Å². The minimum atomic E-state index is -0.860. The lowest BCUT2D eigenvalue weighted by atomic mass is 9.73. The molecule has 2 unspecified atom stereocenters. The molecular weight excluding hydrogens is 296 g/mol. The van der Waals surface area contributed by atoms with Gasteiger partial charge in [-0.25, -0.2) is 0 Å². The maximum atomic E-state index is 12.5. The molecule has 3 aliphatic rings. The Labute approximate surface area is 136 Å². The van der Waals surface area contributed by atoms with Crippen molar-refractivity contribution in [3.63, 3.8) is 0 Å². The van der Waals surface area contributed by atoms with E-state index in [1.807, 2.05) is 4.90 Å². The summed E-state index contributed by atoms with van der Waals surface area (Å²) in [6.07, 6.45) is 6.81. The fourth-order valence-electron chi connectivity index (χ4n) is 4.08. The Morgan fingerprint density at radius 3 is 1.70 bits per heavy atom. The Morgan fingerprint density at radius 2 is 1.22 bits per heavy atom. The van der Waals surface area contributed by atoms with Crippen molar-refractivity contribution in [3.05, 3.63) is 0 Å². The second-order valence-corrected chi connectivity index (χ2v) is 7.11. The molecule has 1 N–H and O–H groups in total. The summed E-state index contributed by atoms with van der Waals surface area (Å²) >= 11 is 0. The number of carboxylic acids is 1. The van der Waals surface area contributed by atoms with E-state index in [0.717, 1.165) is 25.7 Å². The van der Waals surface area contributed by atoms with Gasteiger partial charge in [0.15, 0.2) is 0 Å². The first-order valence-corrected chi connectivity index (χ1v) is 8.88. The molecule has 1 heterocycles. The molecule has 0 bridgehead atoms. The summed E-state index contributed by atoms with van der Waals surface area (Å²) in [7, 11) is 0. The normalized spacial score (nSPS) is 29.0. The van der Waals surface area contributed by atoms with Crippen molar-refractivity contribution in [1.82, 2.24) is 9.80 Å². The third-order valence-corrected chi connectivity index (χ3v) is 5.77. The van der Waals surface area contributed by atoms with Crippen LogP contribution < -0.4 is 0 Å². The molecule has 6 nitrogen and oxygen atoms in total. The van der Waals surface area contributed by atoms with Crippen molar-refractivity contribution < 1.29 is 19.5 Å². The van der Waals surface area contributed by atoms with Crippen LogP contribution in [0.1, 0.15) is 44.9 Å². The van der Waals surface area contributed by atoms with Crippen LogP contribution in [0.25, 0.3) is 0 Å². The molecule has 0 aromatic carbocycles. The van der Waals surface area contributed by atoms with E-state index in [4.69, 9.17) is 5.11 Å². The van der Waals surface area contributed by atoms with E-state index in [1.54, 1.807) is 4.90 Å². The number of hydrogen-bond donors (Lipinski definition) is 1. The molecule has 23 heavy (non-hydrogen) atoms. The van der Waals surface area contributed by atoms with Gasteiger partial charge in [0.2, 0.25) is 11.8 Å². The summed E-state index contributed by atoms with van der Waals surface area (Å²) < 4.78 is 0. The van der Waals surface area contributed by atoms with Gasteiger partial charge in [-0.05, 0) is 25.7 Å². The summed E-state index contributed by atoms with van der Waals surface area (Å²) in [6.45, 7) is 2.26. The summed E-state index contributed by atoms with van der Waals surface area (Å²) in [4.78, 5) is 39.7. The first-order valence-electron chi connectivity index (χ1n) is 8.88. The third kappa shape index (κ3) is 3.35. The quantitative estimate of drug-likeness (QED) is 0.851. The van der Waals surface area contributed by atoms with E-state index in [1.165, 1.54) is 6.42 Å². The highest BCUT2D eigenvalue weighted by atomic mass is 16.4. The van der Waals surface area contributed by atoms with Gasteiger partial charge in [-0.3, -0.25) is 14.4 Å². The minimum absolute atomic E-state index is 0.0339. The summed E-state index contributed by atoms with van der Waals surface area (Å²) in [6, 6.07) is 0. The van der Waals surface area contributed by atoms with E-state index in [9.17, 15) is 14.4 Å². The molecule has 2 aliphatic carbocycles. The van der Waals surface area contributed by atoms with Crippen LogP contribution in [0.4, 0.5) is 0 Å². The number of nitrogens with zero attached hydrogens (tertiary/aromatic N) is 2. The zero-order valence-corrected chi connectivity index (χ0v) is 13.6. The molecule has 128 valence electrons. The second-order valence-electron chi connectivity index (χ2n) is 7.11. The first-order chi connectivity index (χ1) is 11.1. The van der Waals surface area contributed by atoms with Crippen molar-refractivity contribution in [2.75, 3.05) is 26.2 Å². The second kappa shape index (κ2) is 6.89. The SMILES string of the molecule is O=C(O)C1CCC1C(=O)N1CCN(C(=O)C2CCCCC2)CC1. The van der Waals surface area contributed by atoms with Gasteiger partial charge in [0.05, 0.1) is 11.8 Å². The predicted molar refractivity (Wildman–Crippen MR) is 83.6 cm³/mol. The summed E-state index contributed by atoms with van der Waals surface area (Å²) in [5.74, 6) is -1.33. The summed E-state index contributed by atoms with van der Waals surface area (Å²) in [5.41, 5.74) is 0. The molecular formula is C17H26N2O4. The van der Waals surface area contributed by atoms with Crippen LogP contribution in [0.3, 0.4) is 0 Å². The van der Waals surface area contributed by atoms with Crippen LogP contribution in [-0.2, 0) is 14.4 Å². The zero-order valence-electron chi connectivity index (χ0n) is 13.6. The van der Waals surface area contributed by atoms with Crippen molar-refractivity contribution in [3.8, 4) is 0 Å². The molecule has 1 saturated heterocycles. The maximum Gasteiger partial charge on any atom is 0.307 e. The predicted octanol–water partition coefficient (Wildman–Crippen LogP) is 1.35. The highest BCUT2D eigenvalue weighted by Crippen LogP contribution is 2.36. The standard InChI is InChI=1S/C17H26N2O4/c20-15(12-4-2-1-3-5-12)18-8-10-19(11-9-18)16(21)13-6-7-14(13)17(22)23/h12-14H,1-11H2,(H,22,23). The van der Waals surface area contributed by atoms with Gasteiger partial charge in [0, 0.05) is 32.1 Å². The molecule has 0 spiro atoms. The van der Waals surface area contributed by atoms with Gasteiger partial charge in [-0.1, -0.05) is 19.3 Å². The Balaban J connectivity index is 1.49. The third-order valence-electron chi connectivity index (χ3n) is 5.77. The average molecular weight is 322 g/mol. The number of piperazine rings is 1. The van der Waals surface area contributed by atoms with Crippen LogP contribution in [0.15, 0.2) is 0 Å². The van der Waals surface area contributed by atoms with Gasteiger partial charge in [0.1, 0.15) is 0 Å². The number of hydrogen-bond acceptors (Lipinski definition) is 3. The van der Waals surface area contributed by atoms with E-state index >= 15 is 0 Å². The van der Waals surface area contributed by atoms with Gasteiger partial charge >= 0.3 is 5.97 Å². The summed E-state index contributed by atoms with van der Waals surface area (Å²) in [5, 5.41) is 9.09. The van der Waals surface area contributed by atoms with Gasteiger partial charge in [-0.15, -0.1) is 0 Å². The smallest absolute Gasteiger partial charge is 0.307 e. The van der Waals surface area contributed by atoms with Gasteiger partial charge < -0.3 is 14.9 Å². The van der Waals surface area contributed by atoms with Crippen LogP contribution in [0.5, 0.6) is 0 Å². The number of rotatable bonds is 3. The Bertz CT molecular complexity index is 479. The molecule has 0 radical (unpaired) electrons. The molecule has 6 heteroatoms. The molecule has 2 saturated carbocycles. The molecule has 0 aromatic heterocycles. The van der Waals surface area contributed by atoms with Gasteiger partial charge in [-0.2, -0.15) is 0 Å². The number of amides is 2. The highest BCUT2D eigenvalue weighted by molar-refractivity contribution is 5.86. The molecule has 3 fully saturated rings. The lowest BCUT2D eigenvalue weighted by Crippen LogP contribution is -2.55. The largest absolute Gasteiger partial charge is 0.481 e. The Hall–Kier alpha value is -1.59. The minimum Gasteiger partial charge on any atom is -0.481 e. The number of carbonyl (C=O) groups excluding carboxylic acids is 2. The average Bonchev–Trinajstić information content (AvgIpc) is 2.53. The fraction of sp³-hybridized carbons (Fsp3) is 0.824. The monoisotopic (exact) mass is 322 g/mol. The van der Waals surface area contributed by atoms with Crippen molar-refractivity contribution in [1.29, 1.82) is 0 Å². The molecule has 2 atom stereocenters. The van der Waals surface area contributed by atoms with E-state index in [0.29, 0.717) is 39.0 Å². The zero-order chi connectivity index (χ0) is 16.4. The topological polar surface area (TPSA) is 77.9 Å². The van der Waals surface area contributed by atoms with E-state index in [2.05, 4.69) is 0 Å². The lowest BCUT2D eigenvalue weighted by Gasteiger charge is -2.41. The Morgan fingerprint density at radius 1 is 0.696 bits per heavy atom. The number of aliphatic carboxylic acids is 1. The molecule has 0 aromatic rings. The number of carbonyl (C=O) groups is 3. The first kappa shape index (κ1) is 16.3. The van der Waals surface area contributed by atoms with Crippen molar-refractivity contribution in [2.24, 2.45) is 17.8 Å². The number of carboxylic acid groups (broad SMARTS) is 1. The van der Waals surface area contributed by atoms with Crippen LogP contribution in [0.2, 0.25) is 0 Å². The molecule has 1 aliphatic heterocycles. The lowest BCUT2D eigenvalue weighted by molar-refractivity contribution is -0.158. The van der Waals surface area contributed by atoms with Gasteiger partial charge in [0.25, 0.3) is 0 Å². The maximum absolute atomic E-state index is 12.5. The van der Waals surface area contributed by atoms with Crippen molar-refractivity contribution >= 4 is 17.8 Å². The Kier molecular flexibility index (Phi) is 4.87. The highest BCUT2D eigenvalue weighted by Gasteiger charge is 2.43. The molecule has 2 amide bonds. The molecule has 3 rings (SSSR count). The van der Waals surface area contributed by atoms with Crippen LogP contribution in [-0.4, -0.2) is 58.9 Å².